The normalized spacial score (nSPS) is 11.3. The van der Waals surface area contributed by atoms with Gasteiger partial charge in [0.1, 0.15) is 0 Å². The van der Waals surface area contributed by atoms with Crippen molar-refractivity contribution in [3.8, 4) is 0 Å². The van der Waals surface area contributed by atoms with Gasteiger partial charge in [-0.25, -0.2) is 0 Å². The highest BCUT2D eigenvalue weighted by Gasteiger charge is 2.07. The van der Waals surface area contributed by atoms with Gasteiger partial charge in [-0.15, -0.1) is 11.6 Å². The number of alkyl halides is 1. The highest BCUT2D eigenvalue weighted by molar-refractivity contribution is 6.18. The fourth-order valence-electron chi connectivity index (χ4n) is 2.44. The number of benzene rings is 2. The largest absolute Gasteiger partial charge is 0.298 e. The second-order valence-electron chi connectivity index (χ2n) is 4.96. The standard InChI is InChI=1S/C17H22ClN/c1-2-3-12-19(13-11-18)14-16-9-6-8-15-7-4-5-10-17(15)16/h4-10H,2-3,11-14H2,1H3. The van der Waals surface area contributed by atoms with Crippen molar-refractivity contribution in [1.29, 1.82) is 0 Å². The summed E-state index contributed by atoms with van der Waals surface area (Å²) in [4.78, 5) is 2.46. The molecule has 19 heavy (non-hydrogen) atoms. The predicted molar refractivity (Wildman–Crippen MR) is 84.9 cm³/mol. The molecule has 2 rings (SSSR count). The van der Waals surface area contributed by atoms with Crippen LogP contribution in [0.5, 0.6) is 0 Å². The lowest BCUT2D eigenvalue weighted by Gasteiger charge is -2.22. The van der Waals surface area contributed by atoms with Crippen molar-refractivity contribution >= 4 is 22.4 Å². The Balaban J connectivity index is 2.18. The molecular formula is C17H22ClN. The van der Waals surface area contributed by atoms with Crippen LogP contribution in [-0.2, 0) is 6.54 Å². The topological polar surface area (TPSA) is 3.24 Å². The van der Waals surface area contributed by atoms with E-state index in [-0.39, 0.29) is 0 Å². The molecule has 0 radical (unpaired) electrons. The maximum absolute atomic E-state index is 5.92. The van der Waals surface area contributed by atoms with Crippen molar-refractivity contribution in [3.05, 3.63) is 48.0 Å². The molecule has 102 valence electrons. The monoisotopic (exact) mass is 275 g/mol. The van der Waals surface area contributed by atoms with Crippen LogP contribution in [0.4, 0.5) is 0 Å². The molecule has 0 aliphatic rings. The predicted octanol–water partition coefficient (Wildman–Crippen LogP) is 4.68. The Morgan fingerprint density at radius 1 is 1.00 bits per heavy atom. The Labute approximate surface area is 121 Å². The fourth-order valence-corrected chi connectivity index (χ4v) is 2.68. The van der Waals surface area contributed by atoms with E-state index in [2.05, 4.69) is 54.3 Å². The molecule has 0 bridgehead atoms. The zero-order valence-electron chi connectivity index (χ0n) is 11.6. The maximum Gasteiger partial charge on any atom is 0.0351 e. The first-order chi connectivity index (χ1) is 9.35. The lowest BCUT2D eigenvalue weighted by atomic mass is 10.0. The van der Waals surface area contributed by atoms with Crippen molar-refractivity contribution in [2.45, 2.75) is 26.3 Å². The van der Waals surface area contributed by atoms with Gasteiger partial charge in [-0.2, -0.15) is 0 Å². The molecule has 2 heteroatoms. The number of hydrogen-bond acceptors (Lipinski definition) is 1. The first kappa shape index (κ1) is 14.4. The summed E-state index contributed by atoms with van der Waals surface area (Å²) in [5.41, 5.74) is 1.40. The molecule has 1 nitrogen and oxygen atoms in total. The number of unbranched alkanes of at least 4 members (excludes halogenated alkanes) is 1. The molecule has 0 saturated carbocycles. The van der Waals surface area contributed by atoms with Crippen LogP contribution >= 0.6 is 11.6 Å². The summed E-state index contributed by atoms with van der Waals surface area (Å²) in [5, 5.41) is 2.68. The molecule has 2 aromatic carbocycles. The third kappa shape index (κ3) is 3.95. The Morgan fingerprint density at radius 3 is 2.58 bits per heavy atom. The third-order valence-corrected chi connectivity index (χ3v) is 3.67. The van der Waals surface area contributed by atoms with E-state index in [1.165, 1.54) is 29.2 Å². The summed E-state index contributed by atoms with van der Waals surface area (Å²) in [6.07, 6.45) is 2.47. The third-order valence-electron chi connectivity index (χ3n) is 3.50. The molecule has 0 aromatic heterocycles. The Kier molecular flexibility index (Phi) is 5.68. The van der Waals surface area contributed by atoms with E-state index in [0.29, 0.717) is 5.88 Å². The van der Waals surface area contributed by atoms with Gasteiger partial charge >= 0.3 is 0 Å². The van der Waals surface area contributed by atoms with Gasteiger partial charge < -0.3 is 0 Å². The van der Waals surface area contributed by atoms with Crippen LogP contribution < -0.4 is 0 Å². The molecule has 0 amide bonds. The van der Waals surface area contributed by atoms with Gasteiger partial charge in [0.15, 0.2) is 0 Å². The smallest absolute Gasteiger partial charge is 0.0351 e. The second kappa shape index (κ2) is 7.52. The summed E-state index contributed by atoms with van der Waals surface area (Å²) >= 11 is 5.92. The molecule has 0 atom stereocenters. The quantitative estimate of drug-likeness (QED) is 0.663. The van der Waals surface area contributed by atoms with E-state index in [0.717, 1.165) is 19.6 Å². The minimum atomic E-state index is 0.703. The van der Waals surface area contributed by atoms with Crippen LogP contribution in [0, 0.1) is 0 Å². The summed E-state index contributed by atoms with van der Waals surface area (Å²) in [6, 6.07) is 15.2. The number of hydrogen-bond donors (Lipinski definition) is 0. The van der Waals surface area contributed by atoms with Crippen molar-refractivity contribution in [2.24, 2.45) is 0 Å². The summed E-state index contributed by atoms with van der Waals surface area (Å²) in [7, 11) is 0. The minimum Gasteiger partial charge on any atom is -0.298 e. The molecule has 0 unspecified atom stereocenters. The van der Waals surface area contributed by atoms with E-state index in [4.69, 9.17) is 11.6 Å². The van der Waals surface area contributed by atoms with Crippen LogP contribution in [-0.4, -0.2) is 23.9 Å². The molecule has 0 saturated heterocycles. The van der Waals surface area contributed by atoms with Crippen LogP contribution in [0.2, 0.25) is 0 Å². The zero-order valence-corrected chi connectivity index (χ0v) is 12.4. The van der Waals surface area contributed by atoms with Crippen molar-refractivity contribution in [3.63, 3.8) is 0 Å². The Morgan fingerprint density at radius 2 is 1.79 bits per heavy atom. The maximum atomic E-state index is 5.92. The molecule has 0 fully saturated rings. The molecule has 2 aromatic rings. The molecular weight excluding hydrogens is 254 g/mol. The Bertz CT molecular complexity index is 504. The van der Waals surface area contributed by atoms with Crippen LogP contribution in [0.3, 0.4) is 0 Å². The first-order valence-electron chi connectivity index (χ1n) is 7.10. The van der Waals surface area contributed by atoms with Crippen molar-refractivity contribution in [2.75, 3.05) is 19.0 Å². The lowest BCUT2D eigenvalue weighted by Crippen LogP contribution is -2.26. The highest BCUT2D eigenvalue weighted by atomic mass is 35.5. The van der Waals surface area contributed by atoms with E-state index in [9.17, 15) is 0 Å². The van der Waals surface area contributed by atoms with E-state index < -0.39 is 0 Å². The number of halogens is 1. The first-order valence-corrected chi connectivity index (χ1v) is 7.63. The summed E-state index contributed by atoms with van der Waals surface area (Å²) in [5.74, 6) is 0.703. The van der Waals surface area contributed by atoms with Gasteiger partial charge in [-0.05, 0) is 29.3 Å². The van der Waals surface area contributed by atoms with E-state index in [1.807, 2.05) is 0 Å². The van der Waals surface area contributed by atoms with Crippen LogP contribution in [0.15, 0.2) is 42.5 Å². The van der Waals surface area contributed by atoms with Gasteiger partial charge in [0.2, 0.25) is 0 Å². The van der Waals surface area contributed by atoms with Crippen molar-refractivity contribution in [1.82, 2.24) is 4.90 Å². The molecule has 0 aliphatic heterocycles. The van der Waals surface area contributed by atoms with Gasteiger partial charge in [-0.3, -0.25) is 4.90 Å². The molecule has 0 N–H and O–H groups in total. The van der Waals surface area contributed by atoms with Gasteiger partial charge in [0.25, 0.3) is 0 Å². The van der Waals surface area contributed by atoms with Gasteiger partial charge in [0.05, 0.1) is 0 Å². The average Bonchev–Trinajstić information content (AvgIpc) is 2.45. The van der Waals surface area contributed by atoms with E-state index in [1.54, 1.807) is 0 Å². The molecule has 0 spiro atoms. The Hall–Kier alpha value is -1.05. The van der Waals surface area contributed by atoms with E-state index >= 15 is 0 Å². The SMILES string of the molecule is CCCCN(CCCl)Cc1cccc2ccccc12. The number of fused-ring (bicyclic) bond motifs is 1. The van der Waals surface area contributed by atoms with Gasteiger partial charge in [-0.1, -0.05) is 55.8 Å². The van der Waals surface area contributed by atoms with Gasteiger partial charge in [0, 0.05) is 19.0 Å². The summed E-state index contributed by atoms with van der Waals surface area (Å²) in [6.45, 7) is 5.32. The highest BCUT2D eigenvalue weighted by Crippen LogP contribution is 2.20. The zero-order chi connectivity index (χ0) is 13.5. The average molecular weight is 276 g/mol. The molecule has 0 heterocycles. The van der Waals surface area contributed by atoms with Crippen LogP contribution in [0.25, 0.3) is 10.8 Å². The number of rotatable bonds is 7. The fraction of sp³-hybridized carbons (Fsp3) is 0.412. The minimum absolute atomic E-state index is 0.703. The molecule has 0 aliphatic carbocycles. The summed E-state index contributed by atoms with van der Waals surface area (Å²) < 4.78 is 0. The van der Waals surface area contributed by atoms with Crippen molar-refractivity contribution < 1.29 is 0 Å². The van der Waals surface area contributed by atoms with Crippen LogP contribution in [0.1, 0.15) is 25.3 Å². The lowest BCUT2D eigenvalue weighted by molar-refractivity contribution is 0.278. The second-order valence-corrected chi connectivity index (χ2v) is 5.33. The number of nitrogens with zero attached hydrogens (tertiary/aromatic N) is 1.